The van der Waals surface area contributed by atoms with Gasteiger partial charge in [0.2, 0.25) is 0 Å². The molecule has 0 radical (unpaired) electrons. The summed E-state index contributed by atoms with van der Waals surface area (Å²) in [6.45, 7) is 0.811. The molecule has 0 aromatic rings. The molecule has 1 rings (SSSR count). The summed E-state index contributed by atoms with van der Waals surface area (Å²) in [6, 6.07) is 0. The van der Waals surface area contributed by atoms with Gasteiger partial charge >= 0.3 is 0 Å². The van der Waals surface area contributed by atoms with Crippen LogP contribution in [-0.2, 0) is 9.53 Å². The molecule has 1 heterocycles. The zero-order valence-electron chi connectivity index (χ0n) is 5.88. The Kier molecular flexibility index (Phi) is 3.22. The first-order chi connectivity index (χ1) is 4.79. The molecule has 0 saturated carbocycles. The fourth-order valence-electron chi connectivity index (χ4n) is 1.16. The third kappa shape index (κ3) is 2.71. The molecule has 0 spiro atoms. The van der Waals surface area contributed by atoms with Crippen LogP contribution in [0.2, 0.25) is 0 Å². The van der Waals surface area contributed by atoms with Crippen molar-refractivity contribution >= 4 is 17.7 Å². The van der Waals surface area contributed by atoms with Gasteiger partial charge in [0.25, 0.3) is 0 Å². The lowest BCUT2D eigenvalue weighted by molar-refractivity contribution is -0.114. The molecule has 1 unspecified atom stereocenters. The van der Waals surface area contributed by atoms with Gasteiger partial charge in [-0.15, -0.1) is 12.6 Å². The Morgan fingerprint density at radius 3 is 2.90 bits per heavy atom. The Morgan fingerprint density at radius 1 is 1.60 bits per heavy atom. The second-order valence-corrected chi connectivity index (χ2v) is 3.09. The van der Waals surface area contributed by atoms with E-state index in [0.717, 1.165) is 19.4 Å². The summed E-state index contributed by atoms with van der Waals surface area (Å²) in [5.41, 5.74) is 0. The van der Waals surface area contributed by atoms with Crippen LogP contribution in [0.25, 0.3) is 0 Å². The van der Waals surface area contributed by atoms with Crippen molar-refractivity contribution in [3.8, 4) is 0 Å². The molecule has 0 aromatic carbocycles. The lowest BCUT2D eigenvalue weighted by atomic mass is 10.1. The van der Waals surface area contributed by atoms with Crippen molar-refractivity contribution < 1.29 is 9.53 Å². The predicted molar refractivity (Wildman–Crippen MR) is 42.2 cm³/mol. The second-order valence-electron chi connectivity index (χ2n) is 2.59. The summed E-state index contributed by atoms with van der Waals surface area (Å²) in [5.74, 6) is 0. The zero-order chi connectivity index (χ0) is 7.40. The minimum Gasteiger partial charge on any atom is -0.378 e. The predicted octanol–water partition coefficient (Wildman–Crippen LogP) is 1.40. The van der Waals surface area contributed by atoms with Crippen molar-refractivity contribution in [3.63, 3.8) is 0 Å². The number of thiol groups is 1. The van der Waals surface area contributed by atoms with Crippen LogP contribution < -0.4 is 0 Å². The lowest BCUT2D eigenvalue weighted by Crippen LogP contribution is -2.20. The summed E-state index contributed by atoms with van der Waals surface area (Å²) >= 11 is 3.69. The average molecular weight is 160 g/mol. The van der Waals surface area contributed by atoms with Crippen LogP contribution in [0.5, 0.6) is 0 Å². The van der Waals surface area contributed by atoms with E-state index in [1.54, 1.807) is 0 Å². The Hall–Kier alpha value is -0.0200. The third-order valence-corrected chi connectivity index (χ3v) is 1.86. The van der Waals surface area contributed by atoms with Gasteiger partial charge in [0.1, 0.15) is 0 Å². The van der Waals surface area contributed by atoms with E-state index in [1.165, 1.54) is 6.42 Å². The van der Waals surface area contributed by atoms with Crippen LogP contribution in [0.15, 0.2) is 0 Å². The number of carbonyl (C=O) groups is 1. The summed E-state index contributed by atoms with van der Waals surface area (Å²) in [7, 11) is 0. The van der Waals surface area contributed by atoms with Gasteiger partial charge in [-0.25, -0.2) is 0 Å². The minimum atomic E-state index is -0.0631. The Bertz CT molecular complexity index is 119. The van der Waals surface area contributed by atoms with E-state index < -0.39 is 0 Å². The highest BCUT2D eigenvalue weighted by Crippen LogP contribution is 2.15. The van der Waals surface area contributed by atoms with Gasteiger partial charge in [-0.05, 0) is 19.3 Å². The van der Waals surface area contributed by atoms with Crippen molar-refractivity contribution in [1.29, 1.82) is 0 Å². The average Bonchev–Trinajstić information content (AvgIpc) is 1.88. The smallest absolute Gasteiger partial charge is 0.188 e. The molecule has 1 aliphatic heterocycles. The van der Waals surface area contributed by atoms with Gasteiger partial charge in [-0.2, -0.15) is 0 Å². The van der Waals surface area contributed by atoms with E-state index in [4.69, 9.17) is 4.74 Å². The van der Waals surface area contributed by atoms with Gasteiger partial charge in [0.05, 0.1) is 6.10 Å². The van der Waals surface area contributed by atoms with Crippen molar-refractivity contribution in [2.24, 2.45) is 0 Å². The molecule has 1 atom stereocenters. The molecule has 1 saturated heterocycles. The number of rotatable bonds is 2. The maximum atomic E-state index is 10.5. The van der Waals surface area contributed by atoms with E-state index in [-0.39, 0.29) is 11.2 Å². The Labute approximate surface area is 66.4 Å². The molecule has 2 nitrogen and oxygen atoms in total. The van der Waals surface area contributed by atoms with Gasteiger partial charge in [-0.3, -0.25) is 4.79 Å². The molecular formula is C7H12O2S. The van der Waals surface area contributed by atoms with Crippen molar-refractivity contribution in [2.45, 2.75) is 31.8 Å². The zero-order valence-corrected chi connectivity index (χ0v) is 6.77. The molecule has 1 aliphatic rings. The summed E-state index contributed by atoms with van der Waals surface area (Å²) in [5, 5.41) is -0.0631. The fraction of sp³-hybridized carbons (Fsp3) is 0.857. The highest BCUT2D eigenvalue weighted by molar-refractivity contribution is 7.96. The van der Waals surface area contributed by atoms with Crippen molar-refractivity contribution in [1.82, 2.24) is 0 Å². The van der Waals surface area contributed by atoms with Gasteiger partial charge in [0.15, 0.2) is 5.12 Å². The van der Waals surface area contributed by atoms with E-state index in [0.29, 0.717) is 6.42 Å². The molecule has 0 aliphatic carbocycles. The topological polar surface area (TPSA) is 26.3 Å². The van der Waals surface area contributed by atoms with Crippen LogP contribution in [0.3, 0.4) is 0 Å². The Morgan fingerprint density at radius 2 is 2.40 bits per heavy atom. The number of hydrogen-bond acceptors (Lipinski definition) is 2. The maximum Gasteiger partial charge on any atom is 0.188 e. The van der Waals surface area contributed by atoms with Gasteiger partial charge in [0, 0.05) is 13.0 Å². The summed E-state index contributed by atoms with van der Waals surface area (Å²) in [4.78, 5) is 10.5. The van der Waals surface area contributed by atoms with Crippen LogP contribution in [0.1, 0.15) is 25.7 Å². The first-order valence-electron chi connectivity index (χ1n) is 3.62. The first-order valence-corrected chi connectivity index (χ1v) is 4.07. The van der Waals surface area contributed by atoms with Gasteiger partial charge < -0.3 is 4.74 Å². The molecule has 1 fully saturated rings. The van der Waals surface area contributed by atoms with E-state index in [2.05, 4.69) is 12.6 Å². The molecule has 0 amide bonds. The van der Waals surface area contributed by atoms with Crippen molar-refractivity contribution in [2.75, 3.05) is 6.61 Å². The van der Waals surface area contributed by atoms with E-state index >= 15 is 0 Å². The van der Waals surface area contributed by atoms with Crippen LogP contribution >= 0.6 is 12.6 Å². The number of carbonyl (C=O) groups excluding carboxylic acids is 1. The van der Waals surface area contributed by atoms with E-state index in [1.807, 2.05) is 0 Å². The second kappa shape index (κ2) is 3.98. The van der Waals surface area contributed by atoms with Gasteiger partial charge in [-0.1, -0.05) is 0 Å². The molecule has 0 N–H and O–H groups in total. The number of ether oxygens (including phenoxy) is 1. The molecule has 0 bridgehead atoms. The largest absolute Gasteiger partial charge is 0.378 e. The Balaban J connectivity index is 2.19. The SMILES string of the molecule is O=C(S)CC1CCCCO1. The quantitative estimate of drug-likeness (QED) is 0.618. The van der Waals surface area contributed by atoms with Crippen LogP contribution in [-0.4, -0.2) is 17.8 Å². The molecule has 3 heteroatoms. The summed E-state index contributed by atoms with van der Waals surface area (Å²) < 4.78 is 5.32. The summed E-state index contributed by atoms with van der Waals surface area (Å²) in [6.07, 6.45) is 3.97. The van der Waals surface area contributed by atoms with Crippen molar-refractivity contribution in [3.05, 3.63) is 0 Å². The molecular weight excluding hydrogens is 148 g/mol. The normalized spacial score (nSPS) is 26.3. The molecule has 0 aromatic heterocycles. The third-order valence-electron chi connectivity index (χ3n) is 1.68. The molecule has 58 valence electrons. The highest BCUT2D eigenvalue weighted by Gasteiger charge is 2.15. The lowest BCUT2D eigenvalue weighted by Gasteiger charge is -2.20. The monoisotopic (exact) mass is 160 g/mol. The molecule has 10 heavy (non-hydrogen) atoms. The highest BCUT2D eigenvalue weighted by atomic mass is 32.1. The first kappa shape index (κ1) is 8.08. The number of hydrogen-bond donors (Lipinski definition) is 1. The standard InChI is InChI=1S/C7H12O2S/c8-7(10)5-6-3-1-2-4-9-6/h6H,1-5H2,(H,8,10). The maximum absolute atomic E-state index is 10.5. The van der Waals surface area contributed by atoms with Crippen LogP contribution in [0, 0.1) is 0 Å². The van der Waals surface area contributed by atoms with E-state index in [9.17, 15) is 4.79 Å². The minimum absolute atomic E-state index is 0.0631. The fourth-order valence-corrected chi connectivity index (χ4v) is 1.37. The van der Waals surface area contributed by atoms with Crippen LogP contribution in [0.4, 0.5) is 0 Å².